The molecule has 1 aromatic heterocycles. The quantitative estimate of drug-likeness (QED) is 0.851. The number of carboxylic acids is 1. The predicted molar refractivity (Wildman–Crippen MR) is 95.3 cm³/mol. The van der Waals surface area contributed by atoms with Crippen molar-refractivity contribution in [2.45, 2.75) is 18.9 Å². The molecule has 0 unspecified atom stereocenters. The fourth-order valence-corrected chi connectivity index (χ4v) is 3.33. The topological polar surface area (TPSA) is 107 Å². The minimum absolute atomic E-state index is 0.225. The van der Waals surface area contributed by atoms with Gasteiger partial charge in [-0.25, -0.2) is 4.79 Å². The maximum Gasteiger partial charge on any atom is 0.339 e. The molecule has 26 heavy (non-hydrogen) atoms. The highest BCUT2D eigenvalue weighted by Crippen LogP contribution is 2.32. The van der Waals surface area contributed by atoms with Crippen molar-refractivity contribution >= 4 is 11.7 Å². The molecule has 0 saturated carbocycles. The molecule has 3 rings (SSSR count). The predicted octanol–water partition coefficient (Wildman–Crippen LogP) is 2.64. The molecule has 2 aromatic rings. The van der Waals surface area contributed by atoms with Gasteiger partial charge in [0.2, 0.25) is 0 Å². The maximum atomic E-state index is 11.2. The number of aromatic nitrogens is 1. The summed E-state index contributed by atoms with van der Waals surface area (Å²) in [6.07, 6.45) is 3.16. The lowest BCUT2D eigenvalue weighted by molar-refractivity contribution is 0.0693. The summed E-state index contributed by atoms with van der Waals surface area (Å²) in [6.45, 7) is 1.47. The highest BCUT2D eigenvalue weighted by Gasteiger charge is 2.26. The van der Waals surface area contributed by atoms with Gasteiger partial charge in [-0.1, -0.05) is 6.07 Å². The highest BCUT2D eigenvalue weighted by atomic mass is 16.5. The lowest BCUT2D eigenvalue weighted by Gasteiger charge is -2.27. The van der Waals surface area contributed by atoms with Gasteiger partial charge in [0.15, 0.2) is 0 Å². The Bertz CT molecular complexity index is 876. The molecule has 0 bridgehead atoms. The molecular formula is C19H19N3O4. The van der Waals surface area contributed by atoms with E-state index in [0.29, 0.717) is 23.4 Å². The third kappa shape index (κ3) is 3.32. The Kier molecular flexibility index (Phi) is 5.05. The number of benzene rings is 1. The zero-order valence-electron chi connectivity index (χ0n) is 14.3. The molecule has 7 heteroatoms. The first-order chi connectivity index (χ1) is 12.5. The van der Waals surface area contributed by atoms with E-state index in [1.165, 1.54) is 6.07 Å². The Morgan fingerprint density at radius 3 is 2.96 bits per heavy atom. The van der Waals surface area contributed by atoms with Gasteiger partial charge in [-0.05, 0) is 31.0 Å². The summed E-state index contributed by atoms with van der Waals surface area (Å²) in [6, 6.07) is 9.12. The van der Waals surface area contributed by atoms with E-state index < -0.39 is 11.7 Å². The highest BCUT2D eigenvalue weighted by molar-refractivity contribution is 5.92. The van der Waals surface area contributed by atoms with Crippen LogP contribution >= 0.6 is 0 Å². The zero-order valence-corrected chi connectivity index (χ0v) is 14.3. The van der Waals surface area contributed by atoms with Crippen LogP contribution in [0.15, 0.2) is 30.5 Å². The number of hydrogen-bond donors (Lipinski definition) is 2. The van der Waals surface area contributed by atoms with Gasteiger partial charge in [0.05, 0.1) is 35.8 Å². The molecule has 2 heterocycles. The van der Waals surface area contributed by atoms with Crippen LogP contribution in [0.5, 0.6) is 5.75 Å². The Labute approximate surface area is 151 Å². The van der Waals surface area contributed by atoms with E-state index in [9.17, 15) is 15.2 Å². The number of nitriles is 1. The van der Waals surface area contributed by atoms with E-state index in [0.717, 1.165) is 31.3 Å². The molecule has 0 spiro atoms. The summed E-state index contributed by atoms with van der Waals surface area (Å²) >= 11 is 0. The molecule has 0 amide bonds. The number of ether oxygens (including phenoxy) is 1. The Morgan fingerprint density at radius 1 is 1.46 bits per heavy atom. The Balaban J connectivity index is 1.99. The van der Waals surface area contributed by atoms with Crippen molar-refractivity contribution in [3.8, 4) is 23.1 Å². The number of hydrogen-bond acceptors (Lipinski definition) is 6. The smallest absolute Gasteiger partial charge is 0.339 e. The first-order valence-corrected chi connectivity index (χ1v) is 8.27. The zero-order chi connectivity index (χ0) is 18.7. The molecule has 1 aliphatic heterocycles. The van der Waals surface area contributed by atoms with Gasteiger partial charge in [-0.15, -0.1) is 0 Å². The largest absolute Gasteiger partial charge is 0.505 e. The molecule has 0 aliphatic carbocycles. The lowest BCUT2D eigenvalue weighted by Crippen LogP contribution is -2.33. The standard InChI is InChI=1S/C19H19N3O4/c1-26-11-14-3-2-6-22(14)17-5-4-12(7-13(17)9-20)16-8-15(19(24)25)18(23)10-21-16/h4-5,7-8,10,14,23H,2-3,6,11H2,1H3,(H,24,25)/t14-/m0/s1. The van der Waals surface area contributed by atoms with Crippen molar-refractivity contribution in [2.75, 3.05) is 25.2 Å². The van der Waals surface area contributed by atoms with Gasteiger partial charge in [-0.2, -0.15) is 5.26 Å². The third-order valence-corrected chi connectivity index (χ3v) is 4.57. The second-order valence-corrected chi connectivity index (χ2v) is 6.18. The number of aromatic hydroxyl groups is 1. The van der Waals surface area contributed by atoms with E-state index >= 15 is 0 Å². The van der Waals surface area contributed by atoms with Gasteiger partial charge < -0.3 is 19.8 Å². The fourth-order valence-electron chi connectivity index (χ4n) is 3.33. The van der Waals surface area contributed by atoms with Crippen molar-refractivity contribution < 1.29 is 19.7 Å². The van der Waals surface area contributed by atoms with Crippen LogP contribution in [0.2, 0.25) is 0 Å². The fraction of sp³-hybridized carbons (Fsp3) is 0.316. The summed E-state index contributed by atoms with van der Waals surface area (Å²) in [4.78, 5) is 17.5. The summed E-state index contributed by atoms with van der Waals surface area (Å²) in [5, 5.41) is 28.3. The number of methoxy groups -OCH3 is 1. The minimum Gasteiger partial charge on any atom is -0.505 e. The molecule has 0 radical (unpaired) electrons. The molecule has 1 aromatic carbocycles. The normalized spacial score (nSPS) is 16.5. The molecule has 1 atom stereocenters. The summed E-state index contributed by atoms with van der Waals surface area (Å²) in [5.41, 5.74) is 2.12. The van der Waals surface area contributed by atoms with Crippen molar-refractivity contribution in [3.05, 3.63) is 41.6 Å². The van der Waals surface area contributed by atoms with E-state index in [2.05, 4.69) is 16.0 Å². The Hall–Kier alpha value is -3.11. The third-order valence-electron chi connectivity index (χ3n) is 4.57. The molecule has 1 aliphatic rings. The molecule has 1 saturated heterocycles. The van der Waals surface area contributed by atoms with E-state index in [4.69, 9.17) is 9.84 Å². The van der Waals surface area contributed by atoms with Crippen molar-refractivity contribution in [1.82, 2.24) is 4.98 Å². The number of aromatic carboxylic acids is 1. The van der Waals surface area contributed by atoms with Crippen molar-refractivity contribution in [2.24, 2.45) is 0 Å². The minimum atomic E-state index is -1.23. The van der Waals surface area contributed by atoms with Crippen LogP contribution in [0.25, 0.3) is 11.3 Å². The number of rotatable bonds is 5. The monoisotopic (exact) mass is 353 g/mol. The van der Waals surface area contributed by atoms with Gasteiger partial charge in [-0.3, -0.25) is 4.98 Å². The average Bonchev–Trinajstić information content (AvgIpc) is 3.09. The molecule has 134 valence electrons. The number of carbonyl (C=O) groups is 1. The van der Waals surface area contributed by atoms with E-state index in [-0.39, 0.29) is 11.6 Å². The van der Waals surface area contributed by atoms with Crippen LogP contribution in [0.1, 0.15) is 28.8 Å². The molecule has 7 nitrogen and oxygen atoms in total. The van der Waals surface area contributed by atoms with Gasteiger partial charge in [0, 0.05) is 19.2 Å². The summed E-state index contributed by atoms with van der Waals surface area (Å²) in [7, 11) is 1.67. The van der Waals surface area contributed by atoms with Crippen LogP contribution < -0.4 is 4.90 Å². The molecule has 2 N–H and O–H groups in total. The number of carboxylic acid groups (broad SMARTS) is 1. The average molecular weight is 353 g/mol. The maximum absolute atomic E-state index is 11.2. The van der Waals surface area contributed by atoms with Crippen LogP contribution in [-0.4, -0.2) is 47.5 Å². The van der Waals surface area contributed by atoms with Gasteiger partial charge in [0.1, 0.15) is 17.4 Å². The first kappa shape index (κ1) is 17.7. The van der Waals surface area contributed by atoms with Gasteiger partial charge >= 0.3 is 5.97 Å². The summed E-state index contributed by atoms with van der Waals surface area (Å²) in [5.74, 6) is -1.62. The van der Waals surface area contributed by atoms with Crippen molar-refractivity contribution in [1.29, 1.82) is 5.26 Å². The number of pyridine rings is 1. The number of anilines is 1. The van der Waals surface area contributed by atoms with E-state index in [1.54, 1.807) is 13.2 Å². The Morgan fingerprint density at radius 2 is 2.27 bits per heavy atom. The van der Waals surface area contributed by atoms with Crippen LogP contribution in [0, 0.1) is 11.3 Å². The SMILES string of the molecule is COC[C@@H]1CCCN1c1ccc(-c2cc(C(=O)O)c(O)cn2)cc1C#N. The molecular weight excluding hydrogens is 334 g/mol. The van der Waals surface area contributed by atoms with Crippen LogP contribution in [-0.2, 0) is 4.74 Å². The van der Waals surface area contributed by atoms with Gasteiger partial charge in [0.25, 0.3) is 0 Å². The van der Waals surface area contributed by atoms with Crippen LogP contribution in [0.4, 0.5) is 5.69 Å². The second kappa shape index (κ2) is 7.42. The van der Waals surface area contributed by atoms with Crippen LogP contribution in [0.3, 0.4) is 0 Å². The molecule has 1 fully saturated rings. The summed E-state index contributed by atoms with van der Waals surface area (Å²) < 4.78 is 5.28. The first-order valence-electron chi connectivity index (χ1n) is 8.27. The van der Waals surface area contributed by atoms with E-state index in [1.807, 2.05) is 12.1 Å². The second-order valence-electron chi connectivity index (χ2n) is 6.18. The van der Waals surface area contributed by atoms with Crippen molar-refractivity contribution in [3.63, 3.8) is 0 Å². The number of nitrogens with zero attached hydrogens (tertiary/aromatic N) is 3. The lowest BCUT2D eigenvalue weighted by atomic mass is 10.0.